The molecule has 0 radical (unpaired) electrons. The minimum absolute atomic E-state index is 0. The van der Waals surface area contributed by atoms with E-state index in [1.165, 1.54) is 0 Å². The fraction of sp³-hybridized carbons (Fsp3) is 0.250. The van der Waals surface area contributed by atoms with E-state index in [-0.39, 0.29) is 18.0 Å². The second-order valence-corrected chi connectivity index (χ2v) is 2.77. The topological polar surface area (TPSA) is 66.5 Å². The Morgan fingerprint density at radius 2 is 1.67 bits per heavy atom. The summed E-state index contributed by atoms with van der Waals surface area (Å²) >= 11 is 0. The van der Waals surface area contributed by atoms with Crippen molar-refractivity contribution in [3.05, 3.63) is 23.8 Å². The Labute approximate surface area is 89.7 Å². The van der Waals surface area contributed by atoms with Gasteiger partial charge in [0.2, 0.25) is 0 Å². The molecular formula is C8H9ClF3NO2. The number of rotatable bonds is 1. The fourth-order valence-electron chi connectivity index (χ4n) is 0.923. The number of halogens is 4. The molecule has 3 nitrogen and oxygen atoms in total. The summed E-state index contributed by atoms with van der Waals surface area (Å²) in [7, 11) is 0. The van der Waals surface area contributed by atoms with Gasteiger partial charge in [-0.15, -0.1) is 12.4 Å². The highest BCUT2D eigenvalue weighted by Crippen LogP contribution is 2.34. The van der Waals surface area contributed by atoms with E-state index in [1.807, 2.05) is 0 Å². The second-order valence-electron chi connectivity index (χ2n) is 2.77. The third kappa shape index (κ3) is 3.17. The van der Waals surface area contributed by atoms with Gasteiger partial charge in [-0.25, -0.2) is 0 Å². The summed E-state index contributed by atoms with van der Waals surface area (Å²) in [6.45, 7) is 0. The van der Waals surface area contributed by atoms with Gasteiger partial charge in [-0.1, -0.05) is 6.07 Å². The summed E-state index contributed by atoms with van der Waals surface area (Å²) in [6.07, 6.45) is -4.57. The molecule has 1 aromatic rings. The molecule has 7 heteroatoms. The summed E-state index contributed by atoms with van der Waals surface area (Å²) in [5.74, 6) is -1.11. The maximum absolute atomic E-state index is 12.1. The van der Waals surface area contributed by atoms with Gasteiger partial charge >= 0.3 is 6.18 Å². The van der Waals surface area contributed by atoms with Crippen LogP contribution in [0.2, 0.25) is 0 Å². The monoisotopic (exact) mass is 243 g/mol. The van der Waals surface area contributed by atoms with Crippen molar-refractivity contribution in [2.45, 2.75) is 12.2 Å². The van der Waals surface area contributed by atoms with E-state index >= 15 is 0 Å². The highest BCUT2D eigenvalue weighted by molar-refractivity contribution is 5.85. The highest BCUT2D eigenvalue weighted by Gasteiger charge is 2.38. The zero-order chi connectivity index (χ0) is 10.9. The van der Waals surface area contributed by atoms with E-state index in [2.05, 4.69) is 0 Å². The summed E-state index contributed by atoms with van der Waals surface area (Å²) in [5.41, 5.74) is 4.57. The lowest BCUT2D eigenvalue weighted by Crippen LogP contribution is -2.28. The van der Waals surface area contributed by atoms with Crippen LogP contribution in [0.25, 0.3) is 0 Å². The number of nitrogens with two attached hydrogens (primary N) is 1. The molecule has 0 heterocycles. The Kier molecular flexibility index (Phi) is 4.24. The lowest BCUT2D eigenvalue weighted by Gasteiger charge is -2.15. The average Bonchev–Trinajstić information content (AvgIpc) is 2.07. The quantitative estimate of drug-likeness (QED) is 0.662. The Morgan fingerprint density at radius 1 is 1.13 bits per heavy atom. The van der Waals surface area contributed by atoms with E-state index in [1.54, 1.807) is 0 Å². The smallest absolute Gasteiger partial charge is 0.407 e. The predicted molar refractivity (Wildman–Crippen MR) is 50.0 cm³/mol. The van der Waals surface area contributed by atoms with Crippen LogP contribution < -0.4 is 5.73 Å². The normalized spacial score (nSPS) is 13.1. The molecular weight excluding hydrogens is 235 g/mol. The van der Waals surface area contributed by atoms with Gasteiger partial charge in [0.1, 0.15) is 6.04 Å². The Morgan fingerprint density at radius 3 is 2.07 bits per heavy atom. The minimum atomic E-state index is -4.57. The van der Waals surface area contributed by atoms with Crippen LogP contribution in [-0.2, 0) is 0 Å². The van der Waals surface area contributed by atoms with E-state index in [0.717, 1.165) is 18.2 Å². The van der Waals surface area contributed by atoms with E-state index in [9.17, 15) is 13.2 Å². The van der Waals surface area contributed by atoms with Crippen LogP contribution in [0.4, 0.5) is 13.2 Å². The molecule has 4 N–H and O–H groups in total. The third-order valence-corrected chi connectivity index (χ3v) is 1.71. The maximum Gasteiger partial charge on any atom is 0.407 e. The number of phenols is 2. The van der Waals surface area contributed by atoms with Crippen molar-refractivity contribution in [2.24, 2.45) is 5.73 Å². The van der Waals surface area contributed by atoms with Crippen molar-refractivity contribution >= 4 is 12.4 Å². The number of phenolic OH excluding ortho intramolecular Hbond substituents is 2. The number of hydrogen-bond donors (Lipinski definition) is 3. The van der Waals surface area contributed by atoms with Crippen LogP contribution in [0.5, 0.6) is 11.5 Å². The van der Waals surface area contributed by atoms with Gasteiger partial charge < -0.3 is 15.9 Å². The van der Waals surface area contributed by atoms with Gasteiger partial charge in [-0.05, 0) is 17.7 Å². The molecule has 1 atom stereocenters. The molecule has 0 amide bonds. The van der Waals surface area contributed by atoms with Crippen LogP contribution in [0, 0.1) is 0 Å². The lowest BCUT2D eigenvalue weighted by atomic mass is 10.1. The van der Waals surface area contributed by atoms with Crippen molar-refractivity contribution in [3.63, 3.8) is 0 Å². The molecule has 0 aliphatic rings. The Balaban J connectivity index is 0.00000196. The molecule has 0 saturated carbocycles. The molecule has 0 aliphatic heterocycles. The Bertz CT molecular complexity index is 343. The van der Waals surface area contributed by atoms with Gasteiger partial charge in [0.15, 0.2) is 11.5 Å². The molecule has 0 bridgehead atoms. The zero-order valence-corrected chi connectivity index (χ0v) is 8.14. The molecule has 0 spiro atoms. The van der Waals surface area contributed by atoms with Gasteiger partial charge in [0.25, 0.3) is 0 Å². The average molecular weight is 244 g/mol. The van der Waals surface area contributed by atoms with Crippen LogP contribution >= 0.6 is 12.4 Å². The number of alkyl halides is 3. The van der Waals surface area contributed by atoms with Crippen molar-refractivity contribution in [3.8, 4) is 11.5 Å². The van der Waals surface area contributed by atoms with E-state index in [0.29, 0.717) is 0 Å². The lowest BCUT2D eigenvalue weighted by molar-refractivity contribution is -0.149. The van der Waals surface area contributed by atoms with Crippen molar-refractivity contribution in [1.29, 1.82) is 0 Å². The molecule has 1 aromatic carbocycles. The highest BCUT2D eigenvalue weighted by atomic mass is 35.5. The number of benzene rings is 1. The first kappa shape index (κ1) is 13.9. The van der Waals surface area contributed by atoms with Gasteiger partial charge in [0, 0.05) is 0 Å². The maximum atomic E-state index is 12.1. The fourth-order valence-corrected chi connectivity index (χ4v) is 0.923. The predicted octanol–water partition coefficient (Wildman–Crippen LogP) is 2.08. The first-order valence-electron chi connectivity index (χ1n) is 3.66. The van der Waals surface area contributed by atoms with Crippen LogP contribution in [-0.4, -0.2) is 16.4 Å². The van der Waals surface area contributed by atoms with Crippen molar-refractivity contribution < 1.29 is 23.4 Å². The molecule has 0 saturated heterocycles. The third-order valence-electron chi connectivity index (χ3n) is 1.71. The largest absolute Gasteiger partial charge is 0.504 e. The molecule has 0 fully saturated rings. The van der Waals surface area contributed by atoms with Gasteiger partial charge in [-0.3, -0.25) is 0 Å². The SMILES string of the molecule is Cl.N[C@@H](c1ccc(O)c(O)c1)C(F)(F)F. The molecule has 0 unspecified atom stereocenters. The van der Waals surface area contributed by atoms with E-state index < -0.39 is 23.7 Å². The minimum Gasteiger partial charge on any atom is -0.504 e. The Hall–Kier alpha value is -1.14. The van der Waals surface area contributed by atoms with E-state index in [4.69, 9.17) is 15.9 Å². The first-order valence-corrected chi connectivity index (χ1v) is 3.66. The molecule has 1 rings (SSSR count). The number of aromatic hydroxyl groups is 2. The van der Waals surface area contributed by atoms with Crippen LogP contribution in [0.1, 0.15) is 11.6 Å². The van der Waals surface area contributed by atoms with Crippen molar-refractivity contribution in [1.82, 2.24) is 0 Å². The summed E-state index contributed by atoms with van der Waals surface area (Å²) in [5, 5.41) is 17.8. The standard InChI is InChI=1S/C8H8F3NO2.ClH/c9-8(10,11)7(12)4-1-2-5(13)6(14)3-4;/h1-3,7,13-14H,12H2;1H/t7-;/m0./s1. The molecule has 0 aromatic heterocycles. The molecule has 15 heavy (non-hydrogen) atoms. The van der Waals surface area contributed by atoms with Gasteiger partial charge in [0.05, 0.1) is 0 Å². The summed E-state index contributed by atoms with van der Waals surface area (Å²) < 4.78 is 36.3. The summed E-state index contributed by atoms with van der Waals surface area (Å²) in [4.78, 5) is 0. The van der Waals surface area contributed by atoms with Gasteiger partial charge in [-0.2, -0.15) is 13.2 Å². The van der Waals surface area contributed by atoms with Crippen LogP contribution in [0.3, 0.4) is 0 Å². The zero-order valence-electron chi connectivity index (χ0n) is 7.32. The van der Waals surface area contributed by atoms with Crippen LogP contribution in [0.15, 0.2) is 18.2 Å². The number of hydrogen-bond acceptors (Lipinski definition) is 3. The first-order chi connectivity index (χ1) is 6.32. The molecule has 0 aliphatic carbocycles. The van der Waals surface area contributed by atoms with Crippen molar-refractivity contribution in [2.75, 3.05) is 0 Å². The molecule has 86 valence electrons. The second kappa shape index (κ2) is 4.59. The summed E-state index contributed by atoms with van der Waals surface area (Å²) in [6, 6.07) is 0.589.